The molecule has 2 aromatic rings. The Hall–Kier alpha value is -2.02. The molecule has 0 radical (unpaired) electrons. The third-order valence-corrected chi connectivity index (χ3v) is 3.56. The molecule has 0 aliphatic heterocycles. The molecule has 2 aromatic heterocycles. The first kappa shape index (κ1) is 12.0. The largest absolute Gasteiger partial charge is 0.382 e. The fourth-order valence-electron chi connectivity index (χ4n) is 2.48. The van der Waals surface area contributed by atoms with Gasteiger partial charge in [-0.05, 0) is 25.7 Å². The van der Waals surface area contributed by atoms with Crippen molar-refractivity contribution in [3.05, 3.63) is 18.2 Å². The maximum Gasteiger partial charge on any atom is 0.280 e. The summed E-state index contributed by atoms with van der Waals surface area (Å²) in [6.45, 7) is 0. The average molecular weight is 261 g/mol. The second-order valence-electron chi connectivity index (χ2n) is 4.62. The number of rotatable bonds is 3. The van der Waals surface area contributed by atoms with Crippen LogP contribution in [0, 0.1) is 0 Å². The molecule has 0 aromatic carbocycles. The number of aromatic nitrogens is 4. The number of nitrogens with zero attached hydrogens (tertiary/aromatic N) is 4. The summed E-state index contributed by atoms with van der Waals surface area (Å²) in [5.41, 5.74) is 5.72. The van der Waals surface area contributed by atoms with Crippen LogP contribution >= 0.6 is 0 Å². The van der Waals surface area contributed by atoms with E-state index in [1.165, 1.54) is 12.4 Å². The number of ether oxygens (including phenoxy) is 1. The van der Waals surface area contributed by atoms with E-state index in [9.17, 15) is 0 Å². The lowest BCUT2D eigenvalue weighted by atomic mass is 10.0. The molecule has 0 spiro atoms. The molecular weight excluding hydrogens is 246 g/mol. The fraction of sp³-hybridized carbons (Fsp3) is 0.500. The van der Waals surface area contributed by atoms with Crippen molar-refractivity contribution >= 4 is 5.82 Å². The van der Waals surface area contributed by atoms with Crippen LogP contribution in [-0.4, -0.2) is 27.2 Å². The van der Waals surface area contributed by atoms with Crippen molar-refractivity contribution in [3.63, 3.8) is 0 Å². The molecule has 100 valence electrons. The first-order valence-electron chi connectivity index (χ1n) is 6.21. The van der Waals surface area contributed by atoms with Crippen LogP contribution in [-0.2, 0) is 10.3 Å². The van der Waals surface area contributed by atoms with E-state index in [0.717, 1.165) is 25.7 Å². The molecule has 2 heterocycles. The minimum atomic E-state index is -0.432. The van der Waals surface area contributed by atoms with Gasteiger partial charge in [0.25, 0.3) is 5.89 Å². The fourth-order valence-corrected chi connectivity index (χ4v) is 2.48. The third kappa shape index (κ3) is 1.95. The highest BCUT2D eigenvalue weighted by Crippen LogP contribution is 2.40. The van der Waals surface area contributed by atoms with Gasteiger partial charge in [-0.3, -0.25) is 0 Å². The van der Waals surface area contributed by atoms with Gasteiger partial charge in [0.2, 0.25) is 5.82 Å². The second-order valence-corrected chi connectivity index (χ2v) is 4.62. The number of methoxy groups -OCH3 is 1. The molecule has 0 saturated heterocycles. The van der Waals surface area contributed by atoms with Gasteiger partial charge in [0.15, 0.2) is 11.5 Å². The number of anilines is 1. The molecule has 7 heteroatoms. The quantitative estimate of drug-likeness (QED) is 0.893. The van der Waals surface area contributed by atoms with Crippen LogP contribution in [0.2, 0.25) is 0 Å². The molecule has 19 heavy (non-hydrogen) atoms. The number of nitrogens with two attached hydrogens (primary N) is 1. The van der Waals surface area contributed by atoms with E-state index >= 15 is 0 Å². The topological polar surface area (TPSA) is 100.0 Å². The van der Waals surface area contributed by atoms with E-state index in [0.29, 0.717) is 11.5 Å². The number of nitrogen functional groups attached to an aromatic ring is 1. The predicted octanol–water partition coefficient (Wildman–Crippen LogP) is 1.52. The van der Waals surface area contributed by atoms with Gasteiger partial charge in [0.1, 0.15) is 5.60 Å². The van der Waals surface area contributed by atoms with Crippen LogP contribution in [0.4, 0.5) is 5.82 Å². The Morgan fingerprint density at radius 1 is 1.26 bits per heavy atom. The maximum absolute atomic E-state index is 5.75. The summed E-state index contributed by atoms with van der Waals surface area (Å²) >= 11 is 0. The maximum atomic E-state index is 5.75. The van der Waals surface area contributed by atoms with Crippen molar-refractivity contribution in [2.45, 2.75) is 31.3 Å². The van der Waals surface area contributed by atoms with Crippen molar-refractivity contribution in [1.82, 2.24) is 20.1 Å². The summed E-state index contributed by atoms with van der Waals surface area (Å²) in [5, 5.41) is 4.02. The van der Waals surface area contributed by atoms with Crippen molar-refractivity contribution in [1.29, 1.82) is 0 Å². The Morgan fingerprint density at radius 3 is 2.68 bits per heavy atom. The molecule has 3 rings (SSSR count). The average Bonchev–Trinajstić information content (AvgIpc) is 3.09. The van der Waals surface area contributed by atoms with Crippen LogP contribution < -0.4 is 5.73 Å². The summed E-state index contributed by atoms with van der Waals surface area (Å²) in [5.74, 6) is 1.12. The van der Waals surface area contributed by atoms with Gasteiger partial charge in [-0.1, -0.05) is 5.16 Å². The summed E-state index contributed by atoms with van der Waals surface area (Å²) in [6.07, 6.45) is 7.06. The Morgan fingerprint density at radius 2 is 2.00 bits per heavy atom. The first-order chi connectivity index (χ1) is 9.25. The van der Waals surface area contributed by atoms with Gasteiger partial charge in [-0.2, -0.15) is 4.98 Å². The zero-order chi connectivity index (χ0) is 13.3. The molecule has 1 fully saturated rings. The summed E-state index contributed by atoms with van der Waals surface area (Å²) in [7, 11) is 1.68. The van der Waals surface area contributed by atoms with Crippen LogP contribution in [0.15, 0.2) is 16.9 Å². The zero-order valence-corrected chi connectivity index (χ0v) is 10.7. The van der Waals surface area contributed by atoms with Gasteiger partial charge in [-0.25, -0.2) is 9.97 Å². The molecule has 0 amide bonds. The summed E-state index contributed by atoms with van der Waals surface area (Å²) in [4.78, 5) is 12.4. The van der Waals surface area contributed by atoms with E-state index in [4.69, 9.17) is 15.0 Å². The molecule has 0 atom stereocenters. The predicted molar refractivity (Wildman–Crippen MR) is 66.9 cm³/mol. The van der Waals surface area contributed by atoms with Gasteiger partial charge >= 0.3 is 0 Å². The van der Waals surface area contributed by atoms with Crippen LogP contribution in [0.5, 0.6) is 0 Å². The highest BCUT2D eigenvalue weighted by molar-refractivity contribution is 5.61. The lowest BCUT2D eigenvalue weighted by molar-refractivity contribution is -0.0178. The van der Waals surface area contributed by atoms with Gasteiger partial charge < -0.3 is 15.0 Å². The monoisotopic (exact) mass is 261 g/mol. The minimum absolute atomic E-state index is 0.274. The van der Waals surface area contributed by atoms with Crippen molar-refractivity contribution in [2.75, 3.05) is 12.8 Å². The summed E-state index contributed by atoms with van der Waals surface area (Å²) in [6, 6.07) is 0. The summed E-state index contributed by atoms with van der Waals surface area (Å²) < 4.78 is 10.9. The first-order valence-corrected chi connectivity index (χ1v) is 6.21. The van der Waals surface area contributed by atoms with Gasteiger partial charge in [-0.15, -0.1) is 0 Å². The van der Waals surface area contributed by atoms with Crippen LogP contribution in [0.1, 0.15) is 31.5 Å². The van der Waals surface area contributed by atoms with E-state index in [-0.39, 0.29) is 11.7 Å². The normalized spacial score (nSPS) is 17.7. The number of hydrogen-bond donors (Lipinski definition) is 1. The molecular formula is C12H15N5O2. The highest BCUT2D eigenvalue weighted by Gasteiger charge is 2.40. The Balaban J connectivity index is 1.98. The number of hydrogen-bond acceptors (Lipinski definition) is 7. The Labute approximate surface area is 110 Å². The van der Waals surface area contributed by atoms with Crippen molar-refractivity contribution in [3.8, 4) is 11.6 Å². The molecule has 1 aliphatic carbocycles. The Bertz CT molecular complexity index is 577. The molecule has 1 saturated carbocycles. The molecule has 1 aliphatic rings. The van der Waals surface area contributed by atoms with E-state index in [1.807, 2.05) is 0 Å². The third-order valence-electron chi connectivity index (χ3n) is 3.56. The van der Waals surface area contributed by atoms with Gasteiger partial charge in [0, 0.05) is 19.5 Å². The minimum Gasteiger partial charge on any atom is -0.382 e. The van der Waals surface area contributed by atoms with Crippen LogP contribution in [0.25, 0.3) is 11.6 Å². The molecule has 7 nitrogen and oxygen atoms in total. The lowest BCUT2D eigenvalue weighted by Crippen LogP contribution is -2.25. The van der Waals surface area contributed by atoms with E-state index in [2.05, 4.69) is 20.1 Å². The SMILES string of the molecule is COC1(c2noc(-c3nccnc3N)n2)CCCC1. The lowest BCUT2D eigenvalue weighted by Gasteiger charge is -2.22. The molecule has 0 bridgehead atoms. The van der Waals surface area contributed by atoms with Crippen molar-refractivity contribution < 1.29 is 9.26 Å². The second kappa shape index (κ2) is 4.58. The van der Waals surface area contributed by atoms with Gasteiger partial charge in [0.05, 0.1) is 0 Å². The highest BCUT2D eigenvalue weighted by atomic mass is 16.5. The van der Waals surface area contributed by atoms with Crippen molar-refractivity contribution in [2.24, 2.45) is 0 Å². The van der Waals surface area contributed by atoms with E-state index < -0.39 is 5.60 Å². The van der Waals surface area contributed by atoms with Crippen LogP contribution in [0.3, 0.4) is 0 Å². The van der Waals surface area contributed by atoms with E-state index in [1.54, 1.807) is 7.11 Å². The standard InChI is InChI=1S/C12H15N5O2/c1-18-12(4-2-3-5-12)11-16-10(19-17-11)8-9(13)15-7-6-14-8/h6-7H,2-5H2,1H3,(H2,13,15). The molecule has 2 N–H and O–H groups in total. The smallest absolute Gasteiger partial charge is 0.280 e. The zero-order valence-electron chi connectivity index (χ0n) is 10.7. The Kier molecular flexibility index (Phi) is 2.90. The molecule has 0 unspecified atom stereocenters.